The second kappa shape index (κ2) is 4.73. The summed E-state index contributed by atoms with van der Waals surface area (Å²) in [7, 11) is 0. The van der Waals surface area contributed by atoms with Gasteiger partial charge < -0.3 is 5.32 Å². The number of benzene rings is 1. The van der Waals surface area contributed by atoms with Crippen molar-refractivity contribution in [3.8, 4) is 0 Å². The number of piperidine rings is 1. The highest BCUT2D eigenvalue weighted by Gasteiger charge is 2.49. The number of alkyl halides is 2. The van der Waals surface area contributed by atoms with E-state index in [1.54, 1.807) is 6.07 Å². The Morgan fingerprint density at radius 3 is 2.75 bits per heavy atom. The van der Waals surface area contributed by atoms with Gasteiger partial charge >= 0.3 is 0 Å². The maximum atomic E-state index is 14.4. The van der Waals surface area contributed by atoms with Gasteiger partial charge in [0.1, 0.15) is 11.2 Å². The van der Waals surface area contributed by atoms with Gasteiger partial charge in [-0.1, -0.05) is 24.4 Å². The lowest BCUT2D eigenvalue weighted by atomic mass is 9.78. The Labute approximate surface area is 120 Å². The number of halogens is 2. The lowest BCUT2D eigenvalue weighted by Crippen LogP contribution is -2.61. The van der Waals surface area contributed by atoms with Crippen LogP contribution in [0.5, 0.6) is 0 Å². The van der Waals surface area contributed by atoms with Crippen LogP contribution in [0.3, 0.4) is 0 Å². The normalized spacial score (nSPS) is 33.6. The van der Waals surface area contributed by atoms with Crippen LogP contribution in [0, 0.1) is 10.1 Å². The summed E-state index contributed by atoms with van der Waals surface area (Å²) in [5.41, 5.74) is -2.95. The quantitative estimate of drug-likeness (QED) is 0.518. The second-order valence-electron chi connectivity index (χ2n) is 5.33. The molecular formula is C13H14F2N2O2S. The number of hydrogen-bond acceptors (Lipinski definition) is 3. The lowest BCUT2D eigenvalue weighted by Gasteiger charge is -2.44. The minimum Gasteiger partial charge on any atom is -0.365 e. The molecule has 0 bridgehead atoms. The molecule has 0 aromatic heterocycles. The third-order valence-corrected chi connectivity index (χ3v) is 4.22. The summed E-state index contributed by atoms with van der Waals surface area (Å²) >= 11 is 4.94. The van der Waals surface area contributed by atoms with E-state index in [9.17, 15) is 18.9 Å². The van der Waals surface area contributed by atoms with Crippen molar-refractivity contribution in [1.29, 1.82) is 0 Å². The van der Waals surface area contributed by atoms with Gasteiger partial charge in [-0.2, -0.15) is 0 Å². The number of nitrogens with zero attached hydrogens (tertiary/aromatic N) is 1. The molecule has 1 aliphatic rings. The Balaban J connectivity index is 2.43. The van der Waals surface area contributed by atoms with Crippen LogP contribution in [0.1, 0.15) is 25.8 Å². The summed E-state index contributed by atoms with van der Waals surface area (Å²) in [5.74, 6) is 0. The first-order valence-corrected chi connectivity index (χ1v) is 6.48. The molecule has 1 N–H and O–H groups in total. The average molecular weight is 300 g/mol. The molecule has 1 aliphatic heterocycles. The van der Waals surface area contributed by atoms with E-state index in [1.807, 2.05) is 0 Å². The first-order chi connectivity index (χ1) is 9.17. The number of nitrogens with one attached hydrogen (secondary N) is 1. The molecule has 0 saturated carbocycles. The molecule has 3 atom stereocenters. The van der Waals surface area contributed by atoms with Crippen LogP contribution >= 0.6 is 12.2 Å². The van der Waals surface area contributed by atoms with Gasteiger partial charge in [0.05, 0.1) is 10.5 Å². The van der Waals surface area contributed by atoms with Crippen molar-refractivity contribution < 1.29 is 13.7 Å². The van der Waals surface area contributed by atoms with E-state index < -0.39 is 22.3 Å². The number of nitro groups is 1. The molecule has 1 aromatic carbocycles. The Morgan fingerprint density at radius 2 is 2.15 bits per heavy atom. The standard InChI is InChI=1S/C13H14F2N2O2S/c1-12(15)7-10(14)13(2,16-11(12)20)8-4-3-5-9(6-8)17(18)19/h3-6,10H,7H2,1-2H3,(H,16,20)/t10-,12+,13+/m0/s1. The highest BCUT2D eigenvalue weighted by atomic mass is 32.1. The van der Waals surface area contributed by atoms with E-state index in [2.05, 4.69) is 5.32 Å². The minimum absolute atomic E-state index is 0.0830. The summed E-state index contributed by atoms with van der Waals surface area (Å²) in [6, 6.07) is 5.64. The molecule has 108 valence electrons. The SMILES string of the molecule is C[C@@]1(F)C[C@H](F)[C@@](C)(c2cccc([N+](=O)[O-])c2)NC1=S. The molecule has 4 nitrogen and oxygen atoms in total. The van der Waals surface area contributed by atoms with E-state index in [4.69, 9.17) is 12.2 Å². The Bertz CT molecular complexity index is 579. The van der Waals surface area contributed by atoms with Crippen molar-refractivity contribution in [3.05, 3.63) is 39.9 Å². The molecule has 1 saturated heterocycles. The maximum Gasteiger partial charge on any atom is 0.269 e. The first-order valence-electron chi connectivity index (χ1n) is 6.07. The van der Waals surface area contributed by atoms with Crippen molar-refractivity contribution in [2.45, 2.75) is 37.6 Å². The number of rotatable bonds is 2. The number of non-ortho nitro benzene ring substituents is 1. The highest BCUT2D eigenvalue weighted by Crippen LogP contribution is 2.39. The zero-order chi connectivity index (χ0) is 15.1. The predicted octanol–water partition coefficient (Wildman–Crippen LogP) is 3.20. The average Bonchev–Trinajstić information content (AvgIpc) is 2.36. The molecule has 0 radical (unpaired) electrons. The van der Waals surface area contributed by atoms with Crippen LogP contribution < -0.4 is 5.32 Å². The fourth-order valence-electron chi connectivity index (χ4n) is 2.27. The minimum atomic E-state index is -1.91. The number of nitro benzene ring substituents is 1. The summed E-state index contributed by atoms with van der Waals surface area (Å²) in [4.78, 5) is 10.2. The molecule has 1 fully saturated rings. The van der Waals surface area contributed by atoms with E-state index in [1.165, 1.54) is 32.0 Å². The van der Waals surface area contributed by atoms with Crippen molar-refractivity contribution in [2.24, 2.45) is 0 Å². The molecule has 7 heteroatoms. The summed E-state index contributed by atoms with van der Waals surface area (Å²) in [5, 5.41) is 13.5. The van der Waals surface area contributed by atoms with Crippen LogP contribution in [-0.4, -0.2) is 21.8 Å². The molecule has 0 spiro atoms. The van der Waals surface area contributed by atoms with Gasteiger partial charge in [0.25, 0.3) is 5.69 Å². The van der Waals surface area contributed by atoms with E-state index in [-0.39, 0.29) is 17.1 Å². The van der Waals surface area contributed by atoms with E-state index >= 15 is 0 Å². The topological polar surface area (TPSA) is 55.2 Å². The van der Waals surface area contributed by atoms with Crippen molar-refractivity contribution in [3.63, 3.8) is 0 Å². The monoisotopic (exact) mass is 300 g/mol. The third kappa shape index (κ3) is 2.37. The van der Waals surface area contributed by atoms with Crippen LogP contribution in [-0.2, 0) is 5.54 Å². The Hall–Kier alpha value is -1.63. The fourth-order valence-corrected chi connectivity index (χ4v) is 2.57. The maximum absolute atomic E-state index is 14.4. The van der Waals surface area contributed by atoms with Gasteiger partial charge in [-0.05, 0) is 19.4 Å². The highest BCUT2D eigenvalue weighted by molar-refractivity contribution is 7.80. The second-order valence-corrected chi connectivity index (χ2v) is 5.74. The van der Waals surface area contributed by atoms with Crippen LogP contribution in [0.15, 0.2) is 24.3 Å². The third-order valence-electron chi connectivity index (χ3n) is 3.69. The summed E-state index contributed by atoms with van der Waals surface area (Å²) in [6.07, 6.45) is -1.93. The molecule has 1 heterocycles. The largest absolute Gasteiger partial charge is 0.365 e. The zero-order valence-corrected chi connectivity index (χ0v) is 11.8. The van der Waals surface area contributed by atoms with Gasteiger partial charge in [-0.25, -0.2) is 8.78 Å². The van der Waals surface area contributed by atoms with Gasteiger partial charge in [0.2, 0.25) is 0 Å². The van der Waals surface area contributed by atoms with Gasteiger partial charge in [0, 0.05) is 18.6 Å². The molecule has 20 heavy (non-hydrogen) atoms. The van der Waals surface area contributed by atoms with Crippen molar-refractivity contribution >= 4 is 22.9 Å². The van der Waals surface area contributed by atoms with E-state index in [0.29, 0.717) is 5.56 Å². The molecule has 1 aromatic rings. The van der Waals surface area contributed by atoms with Crippen molar-refractivity contribution in [2.75, 3.05) is 0 Å². The van der Waals surface area contributed by atoms with Gasteiger partial charge in [0.15, 0.2) is 5.67 Å². The Kier molecular flexibility index (Phi) is 3.49. The number of hydrogen-bond donors (Lipinski definition) is 1. The summed E-state index contributed by atoms with van der Waals surface area (Å²) in [6.45, 7) is 2.75. The van der Waals surface area contributed by atoms with Crippen LogP contribution in [0.2, 0.25) is 0 Å². The van der Waals surface area contributed by atoms with Crippen molar-refractivity contribution in [1.82, 2.24) is 5.32 Å². The predicted molar refractivity (Wildman–Crippen MR) is 75.2 cm³/mol. The molecule has 2 rings (SSSR count). The Morgan fingerprint density at radius 1 is 1.50 bits per heavy atom. The molecule has 0 unspecified atom stereocenters. The zero-order valence-electron chi connectivity index (χ0n) is 11.0. The van der Waals surface area contributed by atoms with Crippen LogP contribution in [0.25, 0.3) is 0 Å². The molecular weight excluding hydrogens is 286 g/mol. The van der Waals surface area contributed by atoms with Gasteiger partial charge in [-0.15, -0.1) is 0 Å². The van der Waals surface area contributed by atoms with E-state index in [0.717, 1.165) is 0 Å². The molecule has 0 aliphatic carbocycles. The smallest absolute Gasteiger partial charge is 0.269 e. The lowest BCUT2D eigenvalue weighted by molar-refractivity contribution is -0.385. The van der Waals surface area contributed by atoms with Gasteiger partial charge in [-0.3, -0.25) is 10.1 Å². The van der Waals surface area contributed by atoms with Crippen LogP contribution in [0.4, 0.5) is 14.5 Å². The fraction of sp³-hybridized carbons (Fsp3) is 0.462. The summed E-state index contributed by atoms with van der Waals surface area (Å²) < 4.78 is 28.4. The molecule has 0 amide bonds. The number of thiocarbonyl (C=S) groups is 1. The first kappa shape index (κ1) is 14.8.